The van der Waals surface area contributed by atoms with E-state index in [0.29, 0.717) is 5.69 Å². The van der Waals surface area contributed by atoms with E-state index in [1.807, 2.05) is 13.0 Å². The monoisotopic (exact) mass is 356 g/mol. The highest BCUT2D eigenvalue weighted by Crippen LogP contribution is 2.27. The Morgan fingerprint density at radius 1 is 1.25 bits per heavy atom. The molecule has 0 aliphatic carbocycles. The van der Waals surface area contributed by atoms with E-state index in [1.165, 1.54) is 18.5 Å². The van der Waals surface area contributed by atoms with E-state index in [1.54, 1.807) is 12.1 Å². The minimum atomic E-state index is -3.77. The maximum atomic E-state index is 12.4. The fraction of sp³-hybridized carbons (Fsp3) is 0.0833. The molecule has 0 aliphatic rings. The number of pyridine rings is 1. The summed E-state index contributed by atoms with van der Waals surface area (Å²) in [4.78, 5) is 3.81. The molecule has 0 spiro atoms. The van der Waals surface area contributed by atoms with Gasteiger partial charge < -0.3 is 5.43 Å². The Morgan fingerprint density at radius 2 is 2.00 bits per heavy atom. The first-order chi connectivity index (χ1) is 9.45. The lowest BCUT2D eigenvalue weighted by molar-refractivity contribution is 0.601. The van der Waals surface area contributed by atoms with Crippen LogP contribution in [0.15, 0.2) is 46.0 Å². The number of halogens is 1. The molecular formula is C12H13BrN4O2S. The van der Waals surface area contributed by atoms with E-state index in [4.69, 9.17) is 5.84 Å². The van der Waals surface area contributed by atoms with Gasteiger partial charge in [-0.15, -0.1) is 0 Å². The lowest BCUT2D eigenvalue weighted by Crippen LogP contribution is -2.18. The van der Waals surface area contributed by atoms with Gasteiger partial charge in [-0.1, -0.05) is 22.0 Å². The van der Waals surface area contributed by atoms with Gasteiger partial charge in [0, 0.05) is 16.9 Å². The van der Waals surface area contributed by atoms with Crippen LogP contribution in [0.5, 0.6) is 0 Å². The molecule has 1 aromatic heterocycles. The van der Waals surface area contributed by atoms with Crippen LogP contribution in [0.2, 0.25) is 0 Å². The first kappa shape index (κ1) is 14.8. The lowest BCUT2D eigenvalue weighted by Gasteiger charge is -2.13. The average Bonchev–Trinajstić information content (AvgIpc) is 2.43. The lowest BCUT2D eigenvalue weighted by atomic mass is 10.2. The standard InChI is InChI=1S/C12H13BrN4O2S/c1-8-9(13)3-2-4-10(8)17-20(18,19)12-7-15-6-5-11(12)16-14/h2-7,17H,14H2,1H3,(H,15,16). The number of aromatic nitrogens is 1. The second kappa shape index (κ2) is 5.78. The number of nitrogens with two attached hydrogens (primary N) is 1. The molecule has 0 saturated carbocycles. The number of benzene rings is 1. The van der Waals surface area contributed by atoms with Crippen LogP contribution in [0.3, 0.4) is 0 Å². The maximum absolute atomic E-state index is 12.4. The molecule has 1 aromatic carbocycles. The highest BCUT2D eigenvalue weighted by atomic mass is 79.9. The SMILES string of the molecule is Cc1c(Br)cccc1NS(=O)(=O)c1cnccc1NN. The third-order valence-corrected chi connectivity index (χ3v) is 4.99. The van der Waals surface area contributed by atoms with Crippen LogP contribution in [0.25, 0.3) is 0 Å². The second-order valence-electron chi connectivity index (χ2n) is 4.03. The zero-order chi connectivity index (χ0) is 14.8. The van der Waals surface area contributed by atoms with E-state index in [-0.39, 0.29) is 10.6 Å². The number of hydrazine groups is 1. The molecule has 0 unspecified atom stereocenters. The molecule has 2 aromatic rings. The molecule has 0 atom stereocenters. The quantitative estimate of drug-likeness (QED) is 0.576. The van der Waals surface area contributed by atoms with Crippen LogP contribution in [0.4, 0.5) is 11.4 Å². The summed E-state index contributed by atoms with van der Waals surface area (Å²) in [7, 11) is -3.77. The number of rotatable bonds is 4. The minimum absolute atomic E-state index is 0.0122. The summed E-state index contributed by atoms with van der Waals surface area (Å²) < 4.78 is 28.1. The summed E-state index contributed by atoms with van der Waals surface area (Å²) in [5, 5.41) is 0. The van der Waals surface area contributed by atoms with Crippen molar-refractivity contribution in [2.45, 2.75) is 11.8 Å². The van der Waals surface area contributed by atoms with Crippen LogP contribution >= 0.6 is 15.9 Å². The van der Waals surface area contributed by atoms with Gasteiger partial charge in [-0.25, -0.2) is 8.42 Å². The Hall–Kier alpha value is -1.64. The summed E-state index contributed by atoms with van der Waals surface area (Å²) in [5.41, 5.74) is 3.91. The van der Waals surface area contributed by atoms with E-state index in [2.05, 4.69) is 31.1 Å². The van der Waals surface area contributed by atoms with Crippen molar-refractivity contribution in [3.8, 4) is 0 Å². The number of hydrogen-bond acceptors (Lipinski definition) is 5. The van der Waals surface area contributed by atoms with Crippen molar-refractivity contribution >= 4 is 37.3 Å². The summed E-state index contributed by atoms with van der Waals surface area (Å²) in [6.45, 7) is 1.81. The highest BCUT2D eigenvalue weighted by molar-refractivity contribution is 9.10. The molecule has 4 N–H and O–H groups in total. The van der Waals surface area contributed by atoms with E-state index >= 15 is 0 Å². The Bertz CT molecular complexity index is 734. The Labute approximate surface area is 125 Å². The van der Waals surface area contributed by atoms with E-state index < -0.39 is 10.0 Å². The van der Waals surface area contributed by atoms with Crippen LogP contribution in [-0.2, 0) is 10.0 Å². The van der Waals surface area contributed by atoms with Gasteiger partial charge in [-0.2, -0.15) is 0 Å². The second-order valence-corrected chi connectivity index (χ2v) is 6.54. The van der Waals surface area contributed by atoms with Gasteiger partial charge >= 0.3 is 0 Å². The van der Waals surface area contributed by atoms with Gasteiger partial charge in [0.1, 0.15) is 4.90 Å². The Kier molecular flexibility index (Phi) is 4.26. The largest absolute Gasteiger partial charge is 0.323 e. The fourth-order valence-electron chi connectivity index (χ4n) is 1.63. The zero-order valence-corrected chi connectivity index (χ0v) is 13.0. The van der Waals surface area contributed by atoms with Gasteiger partial charge in [0.15, 0.2) is 0 Å². The van der Waals surface area contributed by atoms with E-state index in [0.717, 1.165) is 10.0 Å². The van der Waals surface area contributed by atoms with Crippen molar-refractivity contribution in [3.63, 3.8) is 0 Å². The molecule has 2 rings (SSSR count). The van der Waals surface area contributed by atoms with Gasteiger partial charge in [0.2, 0.25) is 0 Å². The fourth-order valence-corrected chi connectivity index (χ4v) is 3.23. The Balaban J connectivity index is 2.44. The molecule has 0 radical (unpaired) electrons. The summed E-state index contributed by atoms with van der Waals surface area (Å²) in [5.74, 6) is 5.32. The minimum Gasteiger partial charge on any atom is -0.323 e. The van der Waals surface area contributed by atoms with Crippen molar-refractivity contribution < 1.29 is 8.42 Å². The first-order valence-electron chi connectivity index (χ1n) is 5.64. The molecular weight excluding hydrogens is 344 g/mol. The normalized spacial score (nSPS) is 11.2. The average molecular weight is 357 g/mol. The van der Waals surface area contributed by atoms with Gasteiger partial charge in [0.25, 0.3) is 10.0 Å². The number of nitrogens with zero attached hydrogens (tertiary/aromatic N) is 1. The highest BCUT2D eigenvalue weighted by Gasteiger charge is 2.19. The summed E-state index contributed by atoms with van der Waals surface area (Å²) >= 11 is 3.36. The smallest absolute Gasteiger partial charge is 0.265 e. The van der Waals surface area contributed by atoms with Crippen molar-refractivity contribution in [2.75, 3.05) is 10.1 Å². The summed E-state index contributed by atoms with van der Waals surface area (Å²) in [6.07, 6.45) is 2.70. The van der Waals surface area contributed by atoms with Gasteiger partial charge in [0.05, 0.1) is 11.4 Å². The number of sulfonamides is 1. The van der Waals surface area contributed by atoms with Crippen LogP contribution in [-0.4, -0.2) is 13.4 Å². The molecule has 6 nitrogen and oxygen atoms in total. The van der Waals surface area contributed by atoms with Crippen LogP contribution in [0, 0.1) is 6.92 Å². The molecule has 20 heavy (non-hydrogen) atoms. The van der Waals surface area contributed by atoms with Gasteiger partial charge in [-0.3, -0.25) is 15.5 Å². The first-order valence-corrected chi connectivity index (χ1v) is 7.92. The molecule has 0 fully saturated rings. The molecule has 0 saturated heterocycles. The molecule has 8 heteroatoms. The maximum Gasteiger partial charge on any atom is 0.265 e. The van der Waals surface area contributed by atoms with Crippen molar-refractivity contribution in [1.82, 2.24) is 4.98 Å². The number of nitrogens with one attached hydrogen (secondary N) is 2. The number of hydrogen-bond donors (Lipinski definition) is 3. The van der Waals surface area contributed by atoms with Crippen LogP contribution < -0.4 is 16.0 Å². The predicted molar refractivity (Wildman–Crippen MR) is 81.7 cm³/mol. The van der Waals surface area contributed by atoms with E-state index in [9.17, 15) is 8.42 Å². The molecule has 106 valence electrons. The van der Waals surface area contributed by atoms with Gasteiger partial charge in [-0.05, 0) is 30.7 Å². The number of nitrogen functional groups attached to an aromatic ring is 1. The zero-order valence-electron chi connectivity index (χ0n) is 10.6. The third-order valence-electron chi connectivity index (χ3n) is 2.74. The number of anilines is 2. The van der Waals surface area contributed by atoms with Crippen molar-refractivity contribution in [2.24, 2.45) is 5.84 Å². The predicted octanol–water partition coefficient (Wildman–Crippen LogP) is 2.24. The summed E-state index contributed by atoms with van der Waals surface area (Å²) in [6, 6.07) is 6.76. The molecule has 0 aliphatic heterocycles. The van der Waals surface area contributed by atoms with Crippen LogP contribution in [0.1, 0.15) is 5.56 Å². The Morgan fingerprint density at radius 3 is 2.70 bits per heavy atom. The topological polar surface area (TPSA) is 97.1 Å². The molecule has 0 amide bonds. The molecule has 1 heterocycles. The molecule has 0 bridgehead atoms. The van der Waals surface area contributed by atoms with Crippen molar-refractivity contribution in [3.05, 3.63) is 46.7 Å². The third kappa shape index (κ3) is 2.92. The van der Waals surface area contributed by atoms with Crippen molar-refractivity contribution in [1.29, 1.82) is 0 Å².